The number of esters is 1. The summed E-state index contributed by atoms with van der Waals surface area (Å²) in [6.07, 6.45) is 2.20. The first-order valence-corrected chi connectivity index (χ1v) is 6.67. The fourth-order valence-corrected chi connectivity index (χ4v) is 1.81. The van der Waals surface area contributed by atoms with Crippen molar-refractivity contribution in [3.8, 4) is 0 Å². The smallest absolute Gasteiger partial charge is 0.326 e. The molecule has 2 aromatic rings. The van der Waals surface area contributed by atoms with Crippen molar-refractivity contribution in [2.45, 2.75) is 26.8 Å². The second-order valence-corrected chi connectivity index (χ2v) is 5.10. The van der Waals surface area contributed by atoms with Crippen LogP contribution in [0.1, 0.15) is 20.3 Å². The van der Waals surface area contributed by atoms with Crippen LogP contribution in [0.25, 0.3) is 10.9 Å². The van der Waals surface area contributed by atoms with Gasteiger partial charge in [0.05, 0.1) is 23.8 Å². The van der Waals surface area contributed by atoms with E-state index in [2.05, 4.69) is 18.8 Å². The number of carbonyl (C=O) groups excluding carboxylic acids is 1. The first-order chi connectivity index (χ1) is 9.58. The molecule has 0 bridgehead atoms. The molecule has 0 aliphatic carbocycles. The van der Waals surface area contributed by atoms with Gasteiger partial charge in [-0.15, -0.1) is 0 Å². The quantitative estimate of drug-likeness (QED) is 0.782. The number of hydrogen-bond acceptors (Lipinski definition) is 4. The molecule has 106 valence electrons. The number of benzene rings is 1. The Morgan fingerprint density at radius 3 is 2.85 bits per heavy atom. The molecule has 0 N–H and O–H groups in total. The van der Waals surface area contributed by atoms with Crippen molar-refractivity contribution < 1.29 is 9.53 Å². The normalized spacial score (nSPS) is 10.9. The fourth-order valence-electron chi connectivity index (χ4n) is 1.81. The second-order valence-electron chi connectivity index (χ2n) is 5.10. The van der Waals surface area contributed by atoms with Gasteiger partial charge in [0.1, 0.15) is 6.54 Å². The zero-order valence-corrected chi connectivity index (χ0v) is 11.7. The largest absolute Gasteiger partial charge is 0.464 e. The van der Waals surface area contributed by atoms with Crippen LogP contribution in [-0.2, 0) is 16.1 Å². The van der Waals surface area contributed by atoms with Crippen LogP contribution in [0.4, 0.5) is 0 Å². The van der Waals surface area contributed by atoms with Crippen molar-refractivity contribution in [2.24, 2.45) is 5.92 Å². The molecule has 0 spiro atoms. The van der Waals surface area contributed by atoms with Crippen LogP contribution < -0.4 is 5.56 Å². The number of aromatic nitrogens is 2. The lowest BCUT2D eigenvalue weighted by Crippen LogP contribution is -2.26. The number of ether oxygens (including phenoxy) is 1. The lowest BCUT2D eigenvalue weighted by atomic mass is 10.1. The van der Waals surface area contributed by atoms with Crippen molar-refractivity contribution in [1.29, 1.82) is 0 Å². The molecule has 0 radical (unpaired) electrons. The van der Waals surface area contributed by atoms with Crippen molar-refractivity contribution in [1.82, 2.24) is 9.55 Å². The summed E-state index contributed by atoms with van der Waals surface area (Å²) in [7, 11) is 0. The van der Waals surface area contributed by atoms with Gasteiger partial charge in [-0.05, 0) is 24.5 Å². The van der Waals surface area contributed by atoms with Crippen LogP contribution in [0.5, 0.6) is 0 Å². The molecule has 0 aliphatic heterocycles. The zero-order valence-electron chi connectivity index (χ0n) is 11.7. The van der Waals surface area contributed by atoms with Gasteiger partial charge < -0.3 is 4.74 Å². The van der Waals surface area contributed by atoms with Crippen LogP contribution in [0.15, 0.2) is 35.4 Å². The summed E-state index contributed by atoms with van der Waals surface area (Å²) in [4.78, 5) is 28.0. The minimum Gasteiger partial charge on any atom is -0.464 e. The summed E-state index contributed by atoms with van der Waals surface area (Å²) in [6, 6.07) is 7.06. The van der Waals surface area contributed by atoms with E-state index >= 15 is 0 Å². The Kier molecular flexibility index (Phi) is 4.50. The zero-order chi connectivity index (χ0) is 14.5. The lowest BCUT2D eigenvalue weighted by Gasteiger charge is -2.08. The number of nitrogens with zero attached hydrogens (tertiary/aromatic N) is 2. The van der Waals surface area contributed by atoms with Crippen molar-refractivity contribution in [2.75, 3.05) is 6.61 Å². The van der Waals surface area contributed by atoms with E-state index < -0.39 is 5.97 Å². The Morgan fingerprint density at radius 2 is 2.10 bits per heavy atom. The maximum Gasteiger partial charge on any atom is 0.326 e. The molecule has 5 heteroatoms. The average molecular weight is 274 g/mol. The minimum absolute atomic E-state index is 0.102. The minimum atomic E-state index is -0.412. The van der Waals surface area contributed by atoms with Gasteiger partial charge in [-0.1, -0.05) is 26.0 Å². The maximum atomic E-state index is 12.2. The average Bonchev–Trinajstić information content (AvgIpc) is 2.42. The number of fused-ring (bicyclic) bond motifs is 1. The molecule has 2 rings (SSSR count). The molecule has 1 heterocycles. The van der Waals surface area contributed by atoms with E-state index in [0.29, 0.717) is 23.4 Å². The number of rotatable bonds is 5. The molecule has 0 unspecified atom stereocenters. The van der Waals surface area contributed by atoms with E-state index in [1.165, 1.54) is 10.9 Å². The standard InChI is InChI=1S/C15H18N2O3/c1-11(2)7-8-20-14(18)9-17-10-16-13-6-4-3-5-12(13)15(17)19/h3-6,10-11H,7-9H2,1-2H3. The molecular formula is C15H18N2O3. The Bertz CT molecular complexity index is 661. The molecule has 5 nitrogen and oxygen atoms in total. The third-order valence-electron chi connectivity index (χ3n) is 2.99. The van der Waals surface area contributed by atoms with Crippen molar-refractivity contribution in [3.63, 3.8) is 0 Å². The summed E-state index contributed by atoms with van der Waals surface area (Å²) < 4.78 is 6.38. The van der Waals surface area contributed by atoms with Gasteiger partial charge in [0.15, 0.2) is 0 Å². The molecule has 1 aromatic carbocycles. The van der Waals surface area contributed by atoms with Gasteiger partial charge in [-0.25, -0.2) is 4.98 Å². The van der Waals surface area contributed by atoms with Gasteiger partial charge in [-0.3, -0.25) is 14.2 Å². The lowest BCUT2D eigenvalue weighted by molar-refractivity contribution is -0.144. The third kappa shape index (κ3) is 3.44. The number of carbonyl (C=O) groups is 1. The Hall–Kier alpha value is -2.17. The van der Waals surface area contributed by atoms with Gasteiger partial charge >= 0.3 is 5.97 Å². The molecule has 0 saturated heterocycles. The van der Waals surface area contributed by atoms with Gasteiger partial charge in [-0.2, -0.15) is 0 Å². The third-order valence-corrected chi connectivity index (χ3v) is 2.99. The predicted octanol–water partition coefficient (Wildman–Crippen LogP) is 1.99. The highest BCUT2D eigenvalue weighted by atomic mass is 16.5. The second kappa shape index (κ2) is 6.32. The van der Waals surface area contributed by atoms with Crippen molar-refractivity contribution >= 4 is 16.9 Å². The van der Waals surface area contributed by atoms with E-state index in [1.54, 1.807) is 18.2 Å². The van der Waals surface area contributed by atoms with Crippen LogP contribution in [-0.4, -0.2) is 22.1 Å². The summed E-state index contributed by atoms with van der Waals surface area (Å²) >= 11 is 0. The molecular weight excluding hydrogens is 256 g/mol. The van der Waals surface area contributed by atoms with Crippen LogP contribution in [0.2, 0.25) is 0 Å². The monoisotopic (exact) mass is 274 g/mol. The van der Waals surface area contributed by atoms with Gasteiger partial charge in [0, 0.05) is 0 Å². The number of para-hydroxylation sites is 1. The molecule has 0 fully saturated rings. The van der Waals surface area contributed by atoms with E-state index in [4.69, 9.17) is 4.74 Å². The summed E-state index contributed by atoms with van der Waals surface area (Å²) in [5, 5.41) is 0.505. The van der Waals surface area contributed by atoms with E-state index in [0.717, 1.165) is 6.42 Å². The maximum absolute atomic E-state index is 12.2. The molecule has 0 saturated carbocycles. The molecule has 0 atom stereocenters. The highest BCUT2D eigenvalue weighted by Gasteiger charge is 2.09. The molecule has 0 amide bonds. The fraction of sp³-hybridized carbons (Fsp3) is 0.400. The summed E-state index contributed by atoms with van der Waals surface area (Å²) in [5.41, 5.74) is 0.401. The SMILES string of the molecule is CC(C)CCOC(=O)Cn1cnc2ccccc2c1=O. The van der Waals surface area contributed by atoms with Crippen molar-refractivity contribution in [3.05, 3.63) is 40.9 Å². The topological polar surface area (TPSA) is 61.2 Å². The van der Waals surface area contributed by atoms with Crippen LogP contribution in [0, 0.1) is 5.92 Å². The van der Waals surface area contributed by atoms with Gasteiger partial charge in [0.25, 0.3) is 5.56 Å². The van der Waals surface area contributed by atoms with Crippen LogP contribution in [0.3, 0.4) is 0 Å². The van der Waals surface area contributed by atoms with E-state index in [-0.39, 0.29) is 12.1 Å². The summed E-state index contributed by atoms with van der Waals surface area (Å²) in [5.74, 6) is 0.0673. The van der Waals surface area contributed by atoms with E-state index in [9.17, 15) is 9.59 Å². The Balaban J connectivity index is 2.08. The van der Waals surface area contributed by atoms with Gasteiger partial charge in [0.2, 0.25) is 0 Å². The summed E-state index contributed by atoms with van der Waals surface area (Å²) in [6.45, 7) is 4.40. The predicted molar refractivity (Wildman–Crippen MR) is 76.4 cm³/mol. The Labute approximate surface area is 117 Å². The van der Waals surface area contributed by atoms with E-state index in [1.807, 2.05) is 6.07 Å². The Morgan fingerprint density at radius 1 is 1.35 bits per heavy atom. The highest BCUT2D eigenvalue weighted by molar-refractivity contribution is 5.77. The molecule has 20 heavy (non-hydrogen) atoms. The first-order valence-electron chi connectivity index (χ1n) is 6.67. The first kappa shape index (κ1) is 14.2. The van der Waals surface area contributed by atoms with Crippen LogP contribution >= 0.6 is 0 Å². The number of hydrogen-bond donors (Lipinski definition) is 0. The molecule has 1 aromatic heterocycles. The molecule has 0 aliphatic rings. The highest BCUT2D eigenvalue weighted by Crippen LogP contribution is 2.05.